The Labute approximate surface area is 155 Å². The molecule has 0 saturated carbocycles. The number of aryl methyl sites for hydroxylation is 2. The standard InChI is InChI=1S/C20H25N3O2S/c1-15-9-11-16(12-10-15)26(24,25)21-13-20(22(2)3)18-14-23(4)19-8-6-5-7-17(18)19/h5-12,14,20-21H,13H2,1-4H3. The van der Waals surface area contributed by atoms with E-state index in [0.717, 1.165) is 22.0 Å². The van der Waals surface area contributed by atoms with Gasteiger partial charge < -0.3 is 9.47 Å². The van der Waals surface area contributed by atoms with Crippen molar-refractivity contribution in [3.63, 3.8) is 0 Å². The average molecular weight is 372 g/mol. The molecule has 0 aliphatic rings. The van der Waals surface area contributed by atoms with Crippen molar-refractivity contribution >= 4 is 20.9 Å². The molecule has 0 radical (unpaired) electrons. The minimum Gasteiger partial charge on any atom is -0.350 e. The van der Waals surface area contributed by atoms with Crippen molar-refractivity contribution in [2.45, 2.75) is 17.9 Å². The predicted molar refractivity (Wildman–Crippen MR) is 106 cm³/mol. The predicted octanol–water partition coefficient (Wildman–Crippen LogP) is 3.07. The summed E-state index contributed by atoms with van der Waals surface area (Å²) < 4.78 is 30.1. The second-order valence-electron chi connectivity index (χ2n) is 6.86. The molecule has 6 heteroatoms. The molecular weight excluding hydrogens is 346 g/mol. The van der Waals surface area contributed by atoms with Gasteiger partial charge in [-0.05, 0) is 44.8 Å². The van der Waals surface area contributed by atoms with Gasteiger partial charge in [0, 0.05) is 36.7 Å². The fourth-order valence-electron chi connectivity index (χ4n) is 3.20. The topological polar surface area (TPSA) is 54.3 Å². The molecule has 0 aliphatic carbocycles. The number of nitrogens with one attached hydrogen (secondary N) is 1. The lowest BCUT2D eigenvalue weighted by Gasteiger charge is -2.24. The molecule has 1 heterocycles. The number of aromatic nitrogens is 1. The third-order valence-corrected chi connectivity index (χ3v) is 6.15. The first kappa shape index (κ1) is 18.6. The van der Waals surface area contributed by atoms with Crippen LogP contribution >= 0.6 is 0 Å². The Morgan fingerprint density at radius 1 is 1.08 bits per heavy atom. The molecular formula is C20H25N3O2S. The highest BCUT2D eigenvalue weighted by Crippen LogP contribution is 2.28. The number of fused-ring (bicyclic) bond motifs is 1. The molecule has 26 heavy (non-hydrogen) atoms. The van der Waals surface area contributed by atoms with Gasteiger partial charge in [-0.1, -0.05) is 35.9 Å². The maximum atomic E-state index is 12.6. The Balaban J connectivity index is 1.88. The molecule has 0 saturated heterocycles. The first-order valence-corrected chi connectivity index (χ1v) is 10.0. The SMILES string of the molecule is Cc1ccc(S(=O)(=O)NCC(c2cn(C)c3ccccc23)N(C)C)cc1. The van der Waals surface area contributed by atoms with Crippen LogP contribution < -0.4 is 4.72 Å². The molecule has 0 bridgehead atoms. The first-order valence-electron chi connectivity index (χ1n) is 8.56. The zero-order valence-electron chi connectivity index (χ0n) is 15.6. The van der Waals surface area contributed by atoms with Crippen LogP contribution in [0.1, 0.15) is 17.2 Å². The van der Waals surface area contributed by atoms with Crippen LogP contribution in [0.4, 0.5) is 0 Å². The van der Waals surface area contributed by atoms with Crippen molar-refractivity contribution in [3.05, 3.63) is 65.9 Å². The van der Waals surface area contributed by atoms with Crippen LogP contribution in [0.25, 0.3) is 10.9 Å². The second-order valence-corrected chi connectivity index (χ2v) is 8.62. The Morgan fingerprint density at radius 3 is 2.38 bits per heavy atom. The highest BCUT2D eigenvalue weighted by molar-refractivity contribution is 7.89. The number of hydrogen-bond donors (Lipinski definition) is 1. The summed E-state index contributed by atoms with van der Waals surface area (Å²) in [5, 5.41) is 1.14. The molecule has 1 unspecified atom stereocenters. The monoisotopic (exact) mass is 371 g/mol. The Kier molecular flexibility index (Phi) is 5.18. The van der Waals surface area contributed by atoms with Crippen LogP contribution in [0.5, 0.6) is 0 Å². The lowest BCUT2D eigenvalue weighted by atomic mass is 10.1. The first-order chi connectivity index (χ1) is 12.3. The van der Waals surface area contributed by atoms with E-state index in [2.05, 4.69) is 27.6 Å². The third kappa shape index (κ3) is 3.67. The van der Waals surface area contributed by atoms with Crippen LogP contribution in [0.15, 0.2) is 59.6 Å². The van der Waals surface area contributed by atoms with Gasteiger partial charge in [-0.25, -0.2) is 13.1 Å². The fraction of sp³-hybridized carbons (Fsp3) is 0.300. The summed E-state index contributed by atoms with van der Waals surface area (Å²) in [6.45, 7) is 2.24. The second kappa shape index (κ2) is 7.23. The summed E-state index contributed by atoms with van der Waals surface area (Å²) in [6.07, 6.45) is 2.08. The van der Waals surface area contributed by atoms with E-state index in [0.29, 0.717) is 11.4 Å². The molecule has 1 N–H and O–H groups in total. The molecule has 0 aliphatic heterocycles. The van der Waals surface area contributed by atoms with E-state index in [1.807, 2.05) is 57.2 Å². The van der Waals surface area contributed by atoms with E-state index >= 15 is 0 Å². The van der Waals surface area contributed by atoms with Gasteiger partial charge in [0.05, 0.1) is 4.90 Å². The van der Waals surface area contributed by atoms with Gasteiger partial charge >= 0.3 is 0 Å². The molecule has 3 rings (SSSR count). The smallest absolute Gasteiger partial charge is 0.240 e. The van der Waals surface area contributed by atoms with Gasteiger partial charge in [0.2, 0.25) is 10.0 Å². The average Bonchev–Trinajstić information content (AvgIpc) is 2.92. The number of benzene rings is 2. The van der Waals surface area contributed by atoms with E-state index in [1.54, 1.807) is 12.1 Å². The maximum absolute atomic E-state index is 12.6. The van der Waals surface area contributed by atoms with E-state index < -0.39 is 10.0 Å². The van der Waals surface area contributed by atoms with Gasteiger partial charge in [-0.3, -0.25) is 0 Å². The molecule has 1 aromatic heterocycles. The third-order valence-electron chi connectivity index (χ3n) is 4.71. The Morgan fingerprint density at radius 2 is 1.73 bits per heavy atom. The molecule has 0 amide bonds. The van der Waals surface area contributed by atoms with Crippen LogP contribution in [-0.2, 0) is 17.1 Å². The molecule has 1 atom stereocenters. The molecule has 0 fully saturated rings. The van der Waals surface area contributed by atoms with E-state index in [-0.39, 0.29) is 6.04 Å². The summed E-state index contributed by atoms with van der Waals surface area (Å²) >= 11 is 0. The molecule has 0 spiro atoms. The van der Waals surface area contributed by atoms with Gasteiger partial charge in [0.25, 0.3) is 0 Å². The van der Waals surface area contributed by atoms with Crippen molar-refractivity contribution in [1.29, 1.82) is 0 Å². The number of likely N-dealkylation sites (N-methyl/N-ethyl adjacent to an activating group) is 1. The number of sulfonamides is 1. The fourth-order valence-corrected chi connectivity index (χ4v) is 4.24. The highest BCUT2D eigenvalue weighted by atomic mass is 32.2. The van der Waals surface area contributed by atoms with Gasteiger partial charge in [-0.2, -0.15) is 0 Å². The Hall–Kier alpha value is -2.15. The minimum absolute atomic E-state index is 0.0682. The van der Waals surface area contributed by atoms with E-state index in [9.17, 15) is 8.42 Å². The number of nitrogens with zero attached hydrogens (tertiary/aromatic N) is 2. The number of hydrogen-bond acceptors (Lipinski definition) is 3. The largest absolute Gasteiger partial charge is 0.350 e. The zero-order valence-corrected chi connectivity index (χ0v) is 16.4. The molecule has 2 aromatic carbocycles. The van der Waals surface area contributed by atoms with Crippen molar-refractivity contribution in [2.75, 3.05) is 20.6 Å². The van der Waals surface area contributed by atoms with Crippen molar-refractivity contribution in [3.8, 4) is 0 Å². The van der Waals surface area contributed by atoms with Gasteiger partial charge in [0.15, 0.2) is 0 Å². The normalized spacial score (nSPS) is 13.4. The zero-order chi connectivity index (χ0) is 18.9. The molecule has 3 aromatic rings. The van der Waals surface area contributed by atoms with Crippen LogP contribution in [-0.4, -0.2) is 38.5 Å². The van der Waals surface area contributed by atoms with Gasteiger partial charge in [-0.15, -0.1) is 0 Å². The van der Waals surface area contributed by atoms with Crippen molar-refractivity contribution < 1.29 is 8.42 Å². The minimum atomic E-state index is -3.54. The van der Waals surface area contributed by atoms with Gasteiger partial charge in [0.1, 0.15) is 0 Å². The Bertz CT molecular complexity index is 1010. The number of para-hydroxylation sites is 1. The summed E-state index contributed by atoms with van der Waals surface area (Å²) in [4.78, 5) is 2.33. The molecule has 138 valence electrons. The quantitative estimate of drug-likeness (QED) is 0.724. The summed E-state index contributed by atoms with van der Waals surface area (Å²) in [6, 6.07) is 15.0. The lowest BCUT2D eigenvalue weighted by molar-refractivity contribution is 0.301. The highest BCUT2D eigenvalue weighted by Gasteiger charge is 2.22. The van der Waals surface area contributed by atoms with E-state index in [1.165, 1.54) is 0 Å². The summed E-state index contributed by atoms with van der Waals surface area (Å²) in [5.41, 5.74) is 3.28. The summed E-state index contributed by atoms with van der Waals surface area (Å²) in [5.74, 6) is 0. The van der Waals surface area contributed by atoms with Crippen molar-refractivity contribution in [1.82, 2.24) is 14.2 Å². The van der Waals surface area contributed by atoms with Crippen molar-refractivity contribution in [2.24, 2.45) is 7.05 Å². The summed E-state index contributed by atoms with van der Waals surface area (Å²) in [7, 11) is 2.40. The van der Waals surface area contributed by atoms with Crippen LogP contribution in [0.2, 0.25) is 0 Å². The maximum Gasteiger partial charge on any atom is 0.240 e. The lowest BCUT2D eigenvalue weighted by Crippen LogP contribution is -2.34. The van der Waals surface area contributed by atoms with Crippen LogP contribution in [0.3, 0.4) is 0 Å². The molecule has 5 nitrogen and oxygen atoms in total. The van der Waals surface area contributed by atoms with Crippen LogP contribution in [0, 0.1) is 6.92 Å². The van der Waals surface area contributed by atoms with E-state index in [4.69, 9.17) is 0 Å². The number of rotatable bonds is 6.